The number of carbonyl (C=O) groups is 1. The van der Waals surface area contributed by atoms with Crippen molar-refractivity contribution in [1.82, 2.24) is 5.32 Å². The van der Waals surface area contributed by atoms with Gasteiger partial charge in [0.05, 0.1) is 6.54 Å². The molecule has 0 unspecified atom stereocenters. The van der Waals surface area contributed by atoms with Crippen LogP contribution in [0, 0.1) is 0 Å². The van der Waals surface area contributed by atoms with E-state index in [1.807, 2.05) is 30.3 Å². The summed E-state index contributed by atoms with van der Waals surface area (Å²) in [5.41, 5.74) is 0.877. The Bertz CT molecular complexity index is 552. The van der Waals surface area contributed by atoms with E-state index in [9.17, 15) is 4.79 Å². The Kier molecular flexibility index (Phi) is 4.05. The van der Waals surface area contributed by atoms with Crippen molar-refractivity contribution >= 4 is 17.2 Å². The van der Waals surface area contributed by atoms with Crippen LogP contribution in [-0.4, -0.2) is 5.91 Å². The van der Waals surface area contributed by atoms with Gasteiger partial charge in [0.2, 0.25) is 0 Å². The second kappa shape index (κ2) is 5.57. The lowest BCUT2D eigenvalue weighted by atomic mass is 9.95. The van der Waals surface area contributed by atoms with Gasteiger partial charge in [-0.3, -0.25) is 4.79 Å². The monoisotopic (exact) mass is 273 g/mol. The molecule has 0 atom stereocenters. The van der Waals surface area contributed by atoms with Gasteiger partial charge in [-0.2, -0.15) is 0 Å². The Labute approximate surface area is 118 Å². The maximum absolute atomic E-state index is 11.9. The van der Waals surface area contributed by atoms with Gasteiger partial charge in [0, 0.05) is 15.3 Å². The molecule has 1 heterocycles. The Morgan fingerprint density at radius 1 is 1.11 bits per heavy atom. The molecule has 0 radical (unpaired) electrons. The number of benzene rings is 1. The fourth-order valence-electron chi connectivity index (χ4n) is 1.73. The van der Waals surface area contributed by atoms with E-state index in [0.29, 0.717) is 12.1 Å². The molecule has 0 saturated carbocycles. The second-order valence-corrected chi connectivity index (χ2v) is 6.73. The van der Waals surface area contributed by atoms with Gasteiger partial charge in [0.15, 0.2) is 0 Å². The van der Waals surface area contributed by atoms with Gasteiger partial charge in [0.1, 0.15) is 0 Å². The lowest BCUT2D eigenvalue weighted by molar-refractivity contribution is 0.0951. The summed E-state index contributed by atoms with van der Waals surface area (Å²) in [4.78, 5) is 14.4. The number of hydrogen-bond donors (Lipinski definition) is 1. The lowest BCUT2D eigenvalue weighted by Crippen LogP contribution is -2.22. The minimum Gasteiger partial charge on any atom is -0.347 e. The third kappa shape index (κ3) is 3.67. The van der Waals surface area contributed by atoms with Crippen molar-refractivity contribution in [2.45, 2.75) is 32.7 Å². The number of hydrogen-bond acceptors (Lipinski definition) is 2. The van der Waals surface area contributed by atoms with Gasteiger partial charge < -0.3 is 5.32 Å². The highest BCUT2D eigenvalue weighted by atomic mass is 32.1. The van der Waals surface area contributed by atoms with E-state index in [1.54, 1.807) is 11.3 Å². The molecule has 0 bridgehead atoms. The Morgan fingerprint density at radius 3 is 2.37 bits per heavy atom. The predicted molar refractivity (Wildman–Crippen MR) is 80.6 cm³/mol. The summed E-state index contributed by atoms with van der Waals surface area (Å²) >= 11 is 1.76. The number of carbonyl (C=O) groups excluding carboxylic acids is 1. The molecule has 1 aromatic carbocycles. The fourth-order valence-corrected chi connectivity index (χ4v) is 2.74. The normalized spacial score (nSPS) is 11.3. The average molecular weight is 273 g/mol. The first-order chi connectivity index (χ1) is 8.97. The lowest BCUT2D eigenvalue weighted by Gasteiger charge is -2.15. The molecule has 2 aromatic rings. The first-order valence-corrected chi connectivity index (χ1v) is 7.21. The second-order valence-electron chi connectivity index (χ2n) is 5.56. The van der Waals surface area contributed by atoms with E-state index in [-0.39, 0.29) is 11.3 Å². The molecule has 1 amide bonds. The van der Waals surface area contributed by atoms with Crippen LogP contribution in [0.4, 0.5) is 0 Å². The molecule has 2 nitrogen and oxygen atoms in total. The van der Waals surface area contributed by atoms with Crippen LogP contribution in [0.15, 0.2) is 42.5 Å². The Morgan fingerprint density at radius 2 is 1.79 bits per heavy atom. The van der Waals surface area contributed by atoms with Crippen LogP contribution < -0.4 is 5.32 Å². The molecule has 0 spiro atoms. The highest BCUT2D eigenvalue weighted by Crippen LogP contribution is 2.29. The first kappa shape index (κ1) is 13.8. The highest BCUT2D eigenvalue weighted by molar-refractivity contribution is 7.12. The average Bonchev–Trinajstić information content (AvgIpc) is 2.86. The van der Waals surface area contributed by atoms with Crippen LogP contribution in [0.3, 0.4) is 0 Å². The molecule has 0 aliphatic rings. The SMILES string of the molecule is CC(C)(C)c1ccc(CNC(=O)c2ccccc2)s1. The molecule has 1 aromatic heterocycles. The van der Waals surface area contributed by atoms with Crippen LogP contribution in [0.25, 0.3) is 0 Å². The summed E-state index contributed by atoms with van der Waals surface area (Å²) in [6.07, 6.45) is 0. The fraction of sp³-hybridized carbons (Fsp3) is 0.312. The zero-order valence-corrected chi connectivity index (χ0v) is 12.4. The molecular formula is C16H19NOS. The van der Waals surface area contributed by atoms with Crippen LogP contribution >= 0.6 is 11.3 Å². The number of thiophene rings is 1. The van der Waals surface area contributed by atoms with Crippen LogP contribution in [-0.2, 0) is 12.0 Å². The smallest absolute Gasteiger partial charge is 0.251 e. The minimum absolute atomic E-state index is 0.0219. The molecule has 0 aliphatic heterocycles. The number of amides is 1. The summed E-state index contributed by atoms with van der Waals surface area (Å²) < 4.78 is 0. The minimum atomic E-state index is -0.0219. The molecule has 3 heteroatoms. The van der Waals surface area contributed by atoms with Crippen LogP contribution in [0.1, 0.15) is 40.9 Å². The van der Waals surface area contributed by atoms with Gasteiger partial charge in [-0.25, -0.2) is 0 Å². The molecular weight excluding hydrogens is 254 g/mol. The molecule has 19 heavy (non-hydrogen) atoms. The molecule has 0 aliphatic carbocycles. The molecule has 100 valence electrons. The maximum atomic E-state index is 11.9. The van der Waals surface area contributed by atoms with Crippen molar-refractivity contribution in [2.75, 3.05) is 0 Å². The largest absolute Gasteiger partial charge is 0.347 e. The zero-order valence-electron chi connectivity index (χ0n) is 11.6. The number of rotatable bonds is 3. The quantitative estimate of drug-likeness (QED) is 0.900. The van der Waals surface area contributed by atoms with Crippen LogP contribution in [0.2, 0.25) is 0 Å². The summed E-state index contributed by atoms with van der Waals surface area (Å²) in [5, 5.41) is 2.95. The first-order valence-electron chi connectivity index (χ1n) is 6.39. The van der Waals surface area contributed by atoms with E-state index in [0.717, 1.165) is 0 Å². The molecule has 1 N–H and O–H groups in total. The van der Waals surface area contributed by atoms with Crippen molar-refractivity contribution in [2.24, 2.45) is 0 Å². The highest BCUT2D eigenvalue weighted by Gasteiger charge is 2.16. The van der Waals surface area contributed by atoms with Gasteiger partial charge in [-0.05, 0) is 29.7 Å². The zero-order chi connectivity index (χ0) is 13.9. The van der Waals surface area contributed by atoms with E-state index in [2.05, 4.69) is 38.2 Å². The predicted octanol–water partition coefficient (Wildman–Crippen LogP) is 3.98. The summed E-state index contributed by atoms with van der Waals surface area (Å²) in [6.45, 7) is 7.19. The van der Waals surface area contributed by atoms with Gasteiger partial charge in [0.25, 0.3) is 5.91 Å². The summed E-state index contributed by atoms with van der Waals surface area (Å²) in [6, 6.07) is 13.5. The van der Waals surface area contributed by atoms with Crippen LogP contribution in [0.5, 0.6) is 0 Å². The van der Waals surface area contributed by atoms with E-state index < -0.39 is 0 Å². The topological polar surface area (TPSA) is 29.1 Å². The molecule has 2 rings (SSSR count). The van der Waals surface area contributed by atoms with Crippen molar-refractivity contribution in [3.63, 3.8) is 0 Å². The third-order valence-corrected chi connectivity index (χ3v) is 4.37. The van der Waals surface area contributed by atoms with E-state index in [1.165, 1.54) is 9.75 Å². The molecule has 0 saturated heterocycles. The van der Waals surface area contributed by atoms with Gasteiger partial charge in [-0.1, -0.05) is 39.0 Å². The van der Waals surface area contributed by atoms with Gasteiger partial charge in [-0.15, -0.1) is 11.3 Å². The number of nitrogens with one attached hydrogen (secondary N) is 1. The third-order valence-electron chi connectivity index (χ3n) is 2.86. The van der Waals surface area contributed by atoms with Gasteiger partial charge >= 0.3 is 0 Å². The standard InChI is InChI=1S/C16H19NOS/c1-16(2,3)14-10-9-13(19-14)11-17-15(18)12-7-5-4-6-8-12/h4-10H,11H2,1-3H3,(H,17,18). The summed E-state index contributed by atoms with van der Waals surface area (Å²) in [5.74, 6) is -0.0219. The Balaban J connectivity index is 1.96. The van der Waals surface area contributed by atoms with Crippen molar-refractivity contribution in [3.8, 4) is 0 Å². The summed E-state index contributed by atoms with van der Waals surface area (Å²) in [7, 11) is 0. The van der Waals surface area contributed by atoms with Crippen molar-refractivity contribution in [1.29, 1.82) is 0 Å². The van der Waals surface area contributed by atoms with Crippen molar-refractivity contribution < 1.29 is 4.79 Å². The van der Waals surface area contributed by atoms with E-state index in [4.69, 9.17) is 0 Å². The maximum Gasteiger partial charge on any atom is 0.251 e. The Hall–Kier alpha value is -1.61. The van der Waals surface area contributed by atoms with E-state index >= 15 is 0 Å². The van der Waals surface area contributed by atoms with Crippen molar-refractivity contribution in [3.05, 3.63) is 57.8 Å². The molecule has 0 fully saturated rings.